The third-order valence-electron chi connectivity index (χ3n) is 7.70. The molecule has 1 aromatic carbocycles. The summed E-state index contributed by atoms with van der Waals surface area (Å²) in [7, 11) is 3.05. The Balaban J connectivity index is 2.31. The van der Waals surface area contributed by atoms with E-state index in [4.69, 9.17) is 0 Å². The fourth-order valence-electron chi connectivity index (χ4n) is 5.01. The Morgan fingerprint density at radius 3 is 1.92 bits per heavy atom. The van der Waals surface area contributed by atoms with Crippen LogP contribution in [0.2, 0.25) is 0 Å². The summed E-state index contributed by atoms with van der Waals surface area (Å²) in [4.78, 5) is 105. The minimum absolute atomic E-state index is 0.0647. The van der Waals surface area contributed by atoms with Crippen LogP contribution in [-0.4, -0.2) is 113 Å². The first-order valence-electron chi connectivity index (χ1n) is 16.1. The number of hydrogen-bond donors (Lipinski definition) is 5. The van der Waals surface area contributed by atoms with Gasteiger partial charge in [-0.1, -0.05) is 39.8 Å². The molecule has 0 fully saturated rings. The van der Waals surface area contributed by atoms with Gasteiger partial charge in [0.2, 0.25) is 41.9 Å². The van der Waals surface area contributed by atoms with Gasteiger partial charge in [-0.05, 0) is 48.4 Å². The van der Waals surface area contributed by atoms with Gasteiger partial charge >= 0.3 is 11.8 Å². The van der Waals surface area contributed by atoms with Crippen LogP contribution in [0.15, 0.2) is 29.4 Å². The molecule has 0 spiro atoms. The molecule has 268 valence electrons. The van der Waals surface area contributed by atoms with Crippen LogP contribution in [0.4, 0.5) is 0 Å². The van der Waals surface area contributed by atoms with E-state index >= 15 is 0 Å². The first-order valence-corrected chi connectivity index (χ1v) is 16.1. The highest BCUT2D eigenvalue weighted by Crippen LogP contribution is 2.17. The highest BCUT2D eigenvalue weighted by atomic mass is 16.3. The molecule has 1 aliphatic heterocycles. The Bertz CT molecular complexity index is 1490. The number of benzene rings is 1. The third kappa shape index (κ3) is 11.7. The monoisotopic (exact) mass is 686 g/mol. The van der Waals surface area contributed by atoms with Gasteiger partial charge in [-0.3, -0.25) is 33.6 Å². The second-order valence-electron chi connectivity index (χ2n) is 13.0. The Kier molecular flexibility index (Phi) is 14.9. The molecule has 2 unspecified atom stereocenters. The van der Waals surface area contributed by atoms with Gasteiger partial charge in [0.15, 0.2) is 0 Å². The molecule has 0 bridgehead atoms. The summed E-state index contributed by atoms with van der Waals surface area (Å²) in [6.45, 7) is 8.80. The largest absolute Gasteiger partial charge is 0.445 e. The highest BCUT2D eigenvalue weighted by Gasteiger charge is 2.39. The van der Waals surface area contributed by atoms with E-state index < -0.39 is 78.0 Å². The Labute approximate surface area is 285 Å². The average molecular weight is 687 g/mol. The lowest BCUT2D eigenvalue weighted by molar-refractivity contribution is -0.483. The summed E-state index contributed by atoms with van der Waals surface area (Å²) in [5, 5.41) is 24.2. The molecule has 0 saturated heterocycles. The zero-order chi connectivity index (χ0) is 37.2. The molecule has 0 radical (unpaired) electrons. The van der Waals surface area contributed by atoms with E-state index in [0.717, 1.165) is 0 Å². The van der Waals surface area contributed by atoms with Crippen LogP contribution in [0.5, 0.6) is 0 Å². The summed E-state index contributed by atoms with van der Waals surface area (Å²) in [6, 6.07) is 0.927. The van der Waals surface area contributed by atoms with E-state index in [1.165, 1.54) is 45.0 Å². The van der Waals surface area contributed by atoms with Gasteiger partial charge in [0.05, 0.1) is 17.7 Å². The van der Waals surface area contributed by atoms with Crippen LogP contribution in [-0.2, 0) is 28.8 Å². The van der Waals surface area contributed by atoms with E-state index in [1.807, 2.05) is 0 Å². The van der Waals surface area contributed by atoms with E-state index in [1.54, 1.807) is 39.8 Å². The Hall–Kier alpha value is -4.86. The smallest absolute Gasteiger partial charge is 0.391 e. The van der Waals surface area contributed by atoms with Crippen LogP contribution in [0, 0.1) is 11.8 Å². The number of azo groups is 2. The zero-order valence-electron chi connectivity index (χ0n) is 29.2. The Morgan fingerprint density at radius 2 is 1.39 bits per heavy atom. The molecule has 1 aromatic rings. The maximum atomic E-state index is 13.7. The van der Waals surface area contributed by atoms with Crippen molar-refractivity contribution in [2.75, 3.05) is 20.6 Å². The summed E-state index contributed by atoms with van der Waals surface area (Å²) >= 11 is 0. The van der Waals surface area contributed by atoms with E-state index in [0.29, 0.717) is 4.70 Å². The quantitative estimate of drug-likeness (QED) is 0.138. The molecule has 2 rings (SSSR count). The number of carbonyl (C=O) groups excluding carboxylic acids is 8. The normalized spacial score (nSPS) is 15.6. The van der Waals surface area contributed by atoms with E-state index in [2.05, 4.69) is 26.4 Å². The summed E-state index contributed by atoms with van der Waals surface area (Å²) < 4.78 is 0.717. The number of nitrogens with one attached hydrogen (secondary N) is 4. The summed E-state index contributed by atoms with van der Waals surface area (Å²) in [5.74, 6) is -5.84. The lowest BCUT2D eigenvalue weighted by atomic mass is 9.99. The molecule has 1 aliphatic rings. The van der Waals surface area contributed by atoms with Crippen molar-refractivity contribution in [2.24, 2.45) is 17.0 Å². The highest BCUT2D eigenvalue weighted by molar-refractivity contribution is 6.07. The van der Waals surface area contributed by atoms with Crippen molar-refractivity contribution >= 4 is 47.1 Å². The molecule has 16 heteroatoms. The fourth-order valence-corrected chi connectivity index (χ4v) is 5.01. The number of ketones is 1. The van der Waals surface area contributed by atoms with Crippen LogP contribution >= 0.6 is 0 Å². The maximum absolute atomic E-state index is 13.7. The van der Waals surface area contributed by atoms with Crippen LogP contribution < -0.4 is 21.3 Å². The number of fused-ring (bicyclic) bond motifs is 1. The third-order valence-corrected chi connectivity index (χ3v) is 7.70. The van der Waals surface area contributed by atoms with Crippen LogP contribution in [0.1, 0.15) is 81.5 Å². The zero-order valence-corrected chi connectivity index (χ0v) is 29.2. The minimum Gasteiger partial charge on any atom is -0.391 e. The SMILES string of the molecule is CC(=O)N[C@H](C(=O)NC(C(=O)N[C@@H](CC(C)C)C(=O)N[C@@H](CCC(=O)N(C)C)C(=O)C[N+]1=NC(=O)c2ccccc2C1=O)C(C)O)C(C)C. The number of hydrogen-bond acceptors (Lipinski definition) is 9. The van der Waals surface area contributed by atoms with Crippen LogP contribution in [0.25, 0.3) is 0 Å². The molecule has 5 N–H and O–H groups in total. The molecule has 49 heavy (non-hydrogen) atoms. The topological polar surface area (TPSA) is 224 Å². The van der Waals surface area contributed by atoms with Gasteiger partial charge < -0.3 is 31.3 Å². The first kappa shape index (κ1) is 40.3. The Morgan fingerprint density at radius 1 is 0.816 bits per heavy atom. The van der Waals surface area contributed by atoms with Crippen molar-refractivity contribution < 1.29 is 48.2 Å². The van der Waals surface area contributed by atoms with Gasteiger partial charge in [0.1, 0.15) is 23.7 Å². The van der Waals surface area contributed by atoms with Gasteiger partial charge in [0, 0.05) is 32.6 Å². The molecule has 0 aliphatic carbocycles. The number of carbonyl (C=O) groups is 8. The lowest BCUT2D eigenvalue weighted by Gasteiger charge is -2.28. The number of amides is 7. The minimum atomic E-state index is -1.51. The van der Waals surface area contributed by atoms with E-state index in [9.17, 15) is 43.5 Å². The van der Waals surface area contributed by atoms with Gasteiger partial charge in [-0.2, -0.15) is 0 Å². The fraction of sp³-hybridized carbons (Fsp3) is 0.576. The number of aliphatic hydroxyl groups is 1. The maximum Gasteiger partial charge on any atom is 0.445 e. The predicted octanol–water partition coefficient (Wildman–Crippen LogP) is -0.0752. The molecule has 7 amide bonds. The number of rotatable bonds is 17. The lowest BCUT2D eigenvalue weighted by Crippen LogP contribution is -2.61. The van der Waals surface area contributed by atoms with Crippen molar-refractivity contribution in [1.29, 1.82) is 0 Å². The molecule has 0 saturated carbocycles. The van der Waals surface area contributed by atoms with Crippen molar-refractivity contribution in [3.8, 4) is 0 Å². The molecule has 5 atom stereocenters. The van der Waals surface area contributed by atoms with E-state index in [-0.39, 0.29) is 48.1 Å². The number of aliphatic hydroxyl groups excluding tert-OH is 1. The van der Waals surface area contributed by atoms with Gasteiger partial charge in [-0.15, -0.1) is 0 Å². The average Bonchev–Trinajstić information content (AvgIpc) is 3.01. The summed E-state index contributed by atoms with van der Waals surface area (Å²) in [5.41, 5.74) is 0.154. The molecular formula is C33H48N7O9+. The predicted molar refractivity (Wildman–Crippen MR) is 175 cm³/mol. The second kappa shape index (κ2) is 18.1. The van der Waals surface area contributed by atoms with Crippen molar-refractivity contribution in [2.45, 2.75) is 91.1 Å². The van der Waals surface area contributed by atoms with Crippen molar-refractivity contribution in [3.63, 3.8) is 0 Å². The van der Waals surface area contributed by atoms with Crippen molar-refractivity contribution in [3.05, 3.63) is 35.4 Å². The molecule has 16 nitrogen and oxygen atoms in total. The molecular weight excluding hydrogens is 638 g/mol. The second-order valence-corrected chi connectivity index (χ2v) is 13.0. The van der Waals surface area contributed by atoms with Crippen LogP contribution in [0.3, 0.4) is 0 Å². The number of nitrogens with zero attached hydrogens (tertiary/aromatic N) is 3. The van der Waals surface area contributed by atoms with Gasteiger partial charge in [0.25, 0.3) is 0 Å². The first-order chi connectivity index (χ1) is 22.8. The summed E-state index contributed by atoms with van der Waals surface area (Å²) in [6.07, 6.45) is -1.63. The standard InChI is InChI=1S/C33H47N7O9/c1-17(2)15-24(36-32(48)28(19(5)41)37-31(47)27(18(3)4)34-20(6)42)30(46)35-23(13-14-26(44)39(7)8)25(43)16-40-33(49)22-12-10-9-11-21(22)29(45)38-40/h9-12,17-19,23-24,27-28,41H,13-16H2,1-8H3,(H3-,34,35,36,37,42,46,47,48)/p+1/t19?,23-,24-,27-,28?/m0/s1. The van der Waals surface area contributed by atoms with Crippen molar-refractivity contribution in [1.82, 2.24) is 26.2 Å². The molecule has 0 aromatic heterocycles. The van der Waals surface area contributed by atoms with Gasteiger partial charge in [-0.25, -0.2) is 4.79 Å². The molecule has 1 heterocycles. The number of Topliss-reactive ketones (excluding diaryl/α,β-unsaturated/α-hetero) is 1.